The van der Waals surface area contributed by atoms with Gasteiger partial charge in [-0.3, -0.25) is 4.79 Å². The molecule has 1 amide bonds. The maximum atomic E-state index is 12.7. The summed E-state index contributed by atoms with van der Waals surface area (Å²) in [6.07, 6.45) is 4.88. The van der Waals surface area contributed by atoms with Gasteiger partial charge in [-0.2, -0.15) is 4.98 Å². The molecule has 0 N–H and O–H groups in total. The summed E-state index contributed by atoms with van der Waals surface area (Å²) in [5, 5.41) is 4.08. The monoisotopic (exact) mass is 363 g/mol. The first-order valence-corrected chi connectivity index (χ1v) is 9.12. The van der Waals surface area contributed by atoms with Crippen LogP contribution in [0.25, 0.3) is 0 Å². The van der Waals surface area contributed by atoms with Gasteiger partial charge >= 0.3 is 6.01 Å². The zero-order valence-electron chi connectivity index (χ0n) is 14.3. The Morgan fingerprint density at radius 1 is 1.40 bits per heavy atom. The van der Waals surface area contributed by atoms with E-state index < -0.39 is 0 Å². The van der Waals surface area contributed by atoms with Crippen LogP contribution in [0.15, 0.2) is 12.3 Å². The van der Waals surface area contributed by atoms with Crippen LogP contribution in [0.1, 0.15) is 41.6 Å². The zero-order chi connectivity index (χ0) is 17.6. The molecule has 1 aliphatic heterocycles. The first-order valence-electron chi connectivity index (χ1n) is 8.35. The number of aryl methyl sites for hydroxylation is 1. The number of likely N-dealkylation sites (tertiary alicyclic amines) is 1. The molecule has 0 aromatic carbocycles. The number of carbonyl (C=O) groups is 1. The molecule has 0 bridgehead atoms. The Hall–Kier alpha value is -2.29. The van der Waals surface area contributed by atoms with Crippen molar-refractivity contribution in [3.8, 4) is 11.9 Å². The number of hydrogen-bond acceptors (Lipinski definition) is 8. The van der Waals surface area contributed by atoms with Gasteiger partial charge in [-0.05, 0) is 18.0 Å². The van der Waals surface area contributed by atoms with Gasteiger partial charge in [0.1, 0.15) is 11.0 Å². The molecular formula is C16H21N5O3S. The topological polar surface area (TPSA) is 90.3 Å². The van der Waals surface area contributed by atoms with Crippen LogP contribution in [0.5, 0.6) is 11.9 Å². The molecule has 0 atom stereocenters. The van der Waals surface area contributed by atoms with Crippen molar-refractivity contribution < 1.29 is 14.3 Å². The molecule has 0 saturated carbocycles. The second-order valence-electron chi connectivity index (χ2n) is 5.79. The van der Waals surface area contributed by atoms with Crippen LogP contribution in [0.2, 0.25) is 0 Å². The zero-order valence-corrected chi connectivity index (χ0v) is 15.2. The lowest BCUT2D eigenvalue weighted by atomic mass is 10.1. The van der Waals surface area contributed by atoms with E-state index in [9.17, 15) is 4.79 Å². The Balaban J connectivity index is 1.56. The molecule has 25 heavy (non-hydrogen) atoms. The quantitative estimate of drug-likeness (QED) is 0.775. The van der Waals surface area contributed by atoms with Crippen LogP contribution in [0, 0.1) is 0 Å². The van der Waals surface area contributed by atoms with Crippen molar-refractivity contribution in [2.24, 2.45) is 0 Å². The normalized spacial score (nSPS) is 15.2. The van der Waals surface area contributed by atoms with Crippen LogP contribution in [-0.4, -0.2) is 56.7 Å². The van der Waals surface area contributed by atoms with Crippen molar-refractivity contribution in [3.05, 3.63) is 22.8 Å². The summed E-state index contributed by atoms with van der Waals surface area (Å²) >= 11 is 1.18. The third-order valence-electron chi connectivity index (χ3n) is 4.04. The van der Waals surface area contributed by atoms with E-state index in [0.717, 1.165) is 31.4 Å². The molecule has 1 fully saturated rings. The largest absolute Gasteiger partial charge is 0.474 e. The van der Waals surface area contributed by atoms with Gasteiger partial charge in [-0.25, -0.2) is 4.98 Å². The van der Waals surface area contributed by atoms with Crippen molar-refractivity contribution in [2.75, 3.05) is 20.2 Å². The van der Waals surface area contributed by atoms with Gasteiger partial charge < -0.3 is 14.4 Å². The van der Waals surface area contributed by atoms with E-state index in [0.29, 0.717) is 23.8 Å². The number of piperidine rings is 1. The summed E-state index contributed by atoms with van der Waals surface area (Å²) in [6.45, 7) is 3.36. The standard InChI is InChI=1S/C16H21N5O3S/c1-3-4-12-14(25-20-19-12)15(22)21-9-6-11(7-10-21)24-13-5-8-17-16(18-13)23-2/h5,8,11H,3-4,6-7,9-10H2,1-2H3. The summed E-state index contributed by atoms with van der Waals surface area (Å²) in [5.74, 6) is 0.522. The summed E-state index contributed by atoms with van der Waals surface area (Å²) in [4.78, 5) is 23.3. The molecular weight excluding hydrogens is 342 g/mol. The fourth-order valence-corrected chi connectivity index (χ4v) is 3.43. The second kappa shape index (κ2) is 8.19. The van der Waals surface area contributed by atoms with Crippen LogP contribution >= 0.6 is 11.5 Å². The van der Waals surface area contributed by atoms with E-state index in [1.54, 1.807) is 12.3 Å². The van der Waals surface area contributed by atoms with Gasteiger partial charge in [-0.15, -0.1) is 5.10 Å². The second-order valence-corrected chi connectivity index (χ2v) is 6.54. The lowest BCUT2D eigenvalue weighted by molar-refractivity contribution is 0.0590. The number of carbonyl (C=O) groups excluding carboxylic acids is 1. The minimum atomic E-state index is 0.0263. The Morgan fingerprint density at radius 2 is 2.20 bits per heavy atom. The van der Waals surface area contributed by atoms with Crippen molar-refractivity contribution in [1.82, 2.24) is 24.5 Å². The first kappa shape index (κ1) is 17.5. The van der Waals surface area contributed by atoms with Crippen molar-refractivity contribution in [1.29, 1.82) is 0 Å². The minimum absolute atomic E-state index is 0.0263. The predicted molar refractivity (Wildman–Crippen MR) is 92.0 cm³/mol. The maximum Gasteiger partial charge on any atom is 0.319 e. The molecule has 134 valence electrons. The molecule has 2 aromatic heterocycles. The molecule has 1 saturated heterocycles. The highest BCUT2D eigenvalue weighted by Crippen LogP contribution is 2.22. The van der Waals surface area contributed by atoms with E-state index in [2.05, 4.69) is 26.5 Å². The molecule has 8 nitrogen and oxygen atoms in total. The lowest BCUT2D eigenvalue weighted by Crippen LogP contribution is -2.41. The number of aromatic nitrogens is 4. The Kier molecular flexibility index (Phi) is 5.75. The van der Waals surface area contributed by atoms with Gasteiger partial charge in [-0.1, -0.05) is 17.8 Å². The number of ether oxygens (including phenoxy) is 2. The number of hydrogen-bond donors (Lipinski definition) is 0. The smallest absolute Gasteiger partial charge is 0.319 e. The Labute approximate surface area is 150 Å². The summed E-state index contributed by atoms with van der Waals surface area (Å²) in [5.41, 5.74) is 0.809. The van der Waals surface area contributed by atoms with Gasteiger partial charge in [0, 0.05) is 38.2 Å². The predicted octanol–water partition coefficient (Wildman–Crippen LogP) is 1.97. The Morgan fingerprint density at radius 3 is 2.92 bits per heavy atom. The fourth-order valence-electron chi connectivity index (χ4n) is 2.75. The van der Waals surface area contributed by atoms with Gasteiger partial charge in [0.25, 0.3) is 5.91 Å². The molecule has 0 unspecified atom stereocenters. The van der Waals surface area contributed by atoms with Crippen LogP contribution in [0.4, 0.5) is 0 Å². The van der Waals surface area contributed by atoms with Crippen LogP contribution < -0.4 is 9.47 Å². The SMILES string of the molecule is CCCc1nnsc1C(=O)N1CCC(Oc2ccnc(OC)n2)CC1. The van der Waals surface area contributed by atoms with Gasteiger partial charge in [0.2, 0.25) is 5.88 Å². The average Bonchev–Trinajstić information content (AvgIpc) is 3.10. The molecule has 0 radical (unpaired) electrons. The molecule has 0 spiro atoms. The molecule has 1 aliphatic rings. The number of methoxy groups -OCH3 is 1. The van der Waals surface area contributed by atoms with Gasteiger partial charge in [0.15, 0.2) is 0 Å². The maximum absolute atomic E-state index is 12.7. The summed E-state index contributed by atoms with van der Waals surface area (Å²) < 4.78 is 14.8. The highest BCUT2D eigenvalue weighted by Gasteiger charge is 2.27. The summed E-state index contributed by atoms with van der Waals surface area (Å²) in [6, 6.07) is 1.99. The number of rotatable bonds is 6. The van der Waals surface area contributed by atoms with E-state index in [4.69, 9.17) is 9.47 Å². The van der Waals surface area contributed by atoms with Crippen LogP contribution in [-0.2, 0) is 6.42 Å². The van der Waals surface area contributed by atoms with Crippen molar-refractivity contribution in [3.63, 3.8) is 0 Å². The third-order valence-corrected chi connectivity index (χ3v) is 4.80. The minimum Gasteiger partial charge on any atom is -0.474 e. The summed E-state index contributed by atoms with van der Waals surface area (Å²) in [7, 11) is 1.52. The van der Waals surface area contributed by atoms with Crippen molar-refractivity contribution >= 4 is 17.4 Å². The van der Waals surface area contributed by atoms with Crippen molar-refractivity contribution in [2.45, 2.75) is 38.7 Å². The Bertz CT molecular complexity index is 715. The highest BCUT2D eigenvalue weighted by atomic mass is 32.1. The highest BCUT2D eigenvalue weighted by molar-refractivity contribution is 7.08. The number of nitrogens with zero attached hydrogens (tertiary/aromatic N) is 5. The molecule has 0 aliphatic carbocycles. The number of amides is 1. The van der Waals surface area contributed by atoms with E-state index in [-0.39, 0.29) is 18.0 Å². The van der Waals surface area contributed by atoms with E-state index in [1.807, 2.05) is 4.90 Å². The van der Waals surface area contributed by atoms with Gasteiger partial charge in [0.05, 0.1) is 12.8 Å². The average molecular weight is 363 g/mol. The molecule has 3 heterocycles. The molecule has 2 aromatic rings. The first-order chi connectivity index (χ1) is 12.2. The van der Waals surface area contributed by atoms with Crippen LogP contribution in [0.3, 0.4) is 0 Å². The molecule has 9 heteroatoms. The van der Waals surface area contributed by atoms with E-state index in [1.165, 1.54) is 18.6 Å². The van der Waals surface area contributed by atoms with E-state index >= 15 is 0 Å². The lowest BCUT2D eigenvalue weighted by Gasteiger charge is -2.31. The fraction of sp³-hybridized carbons (Fsp3) is 0.562. The molecule has 3 rings (SSSR count). The third kappa shape index (κ3) is 4.22.